The first kappa shape index (κ1) is 17.8. The van der Waals surface area contributed by atoms with Gasteiger partial charge in [-0.15, -0.1) is 11.3 Å². The van der Waals surface area contributed by atoms with Gasteiger partial charge in [-0.2, -0.15) is 0 Å². The summed E-state index contributed by atoms with van der Waals surface area (Å²) >= 11 is 1.47. The maximum Gasteiger partial charge on any atom is 0.240 e. The minimum atomic E-state index is -3.13. The first-order valence-electron chi connectivity index (χ1n) is 8.20. The second-order valence-electron chi connectivity index (χ2n) is 6.23. The Hall–Kier alpha value is -1.03. The maximum atomic E-state index is 12.4. The SMILES string of the molecule is CCc1nc(NC(=O)CN2CCS(=O)(=O)C3COCCC32)sc1C. The highest BCUT2D eigenvalue weighted by atomic mass is 32.2. The summed E-state index contributed by atoms with van der Waals surface area (Å²) in [5.41, 5.74) is 1.00. The Bertz CT molecular complexity index is 716. The summed E-state index contributed by atoms with van der Waals surface area (Å²) in [5, 5.41) is 2.95. The van der Waals surface area contributed by atoms with Gasteiger partial charge in [-0.1, -0.05) is 6.92 Å². The Balaban J connectivity index is 1.65. The highest BCUT2D eigenvalue weighted by Gasteiger charge is 2.43. The third kappa shape index (κ3) is 3.63. The van der Waals surface area contributed by atoms with E-state index < -0.39 is 15.1 Å². The van der Waals surface area contributed by atoms with Gasteiger partial charge in [-0.05, 0) is 19.8 Å². The number of aryl methyl sites for hydroxylation is 2. The van der Waals surface area contributed by atoms with Crippen LogP contribution in [0.25, 0.3) is 0 Å². The quantitative estimate of drug-likeness (QED) is 0.841. The van der Waals surface area contributed by atoms with Crippen LogP contribution in [0.2, 0.25) is 0 Å². The van der Waals surface area contributed by atoms with Crippen LogP contribution in [-0.2, 0) is 25.8 Å². The molecule has 0 radical (unpaired) electrons. The van der Waals surface area contributed by atoms with Crippen LogP contribution in [0.5, 0.6) is 0 Å². The zero-order valence-electron chi connectivity index (χ0n) is 13.9. The van der Waals surface area contributed by atoms with E-state index in [0.717, 1.165) is 17.0 Å². The highest BCUT2D eigenvalue weighted by molar-refractivity contribution is 7.92. The first-order chi connectivity index (χ1) is 11.4. The standard InChI is InChI=1S/C15H23N3O4S2/c1-3-11-10(2)23-15(16-11)17-14(19)8-18-5-7-24(20,21)13-9-22-6-4-12(13)18/h12-13H,3-9H2,1-2H3,(H,16,17,19). The van der Waals surface area contributed by atoms with Crippen molar-refractivity contribution in [2.24, 2.45) is 0 Å². The molecular weight excluding hydrogens is 350 g/mol. The molecule has 0 spiro atoms. The molecule has 7 nitrogen and oxygen atoms in total. The predicted molar refractivity (Wildman–Crippen MR) is 93.2 cm³/mol. The fraction of sp³-hybridized carbons (Fsp3) is 0.733. The summed E-state index contributed by atoms with van der Waals surface area (Å²) in [4.78, 5) is 19.9. The second-order valence-corrected chi connectivity index (χ2v) is 9.77. The van der Waals surface area contributed by atoms with Crippen molar-refractivity contribution >= 4 is 32.2 Å². The van der Waals surface area contributed by atoms with Gasteiger partial charge in [0.15, 0.2) is 15.0 Å². The topological polar surface area (TPSA) is 88.6 Å². The summed E-state index contributed by atoms with van der Waals surface area (Å²) in [7, 11) is -3.13. The normalized spacial score (nSPS) is 26.8. The van der Waals surface area contributed by atoms with Gasteiger partial charge in [0.25, 0.3) is 0 Å². The number of ether oxygens (including phenoxy) is 1. The van der Waals surface area contributed by atoms with E-state index in [9.17, 15) is 13.2 Å². The maximum absolute atomic E-state index is 12.4. The van der Waals surface area contributed by atoms with E-state index in [2.05, 4.69) is 10.3 Å². The molecule has 1 amide bonds. The summed E-state index contributed by atoms with van der Waals surface area (Å²) in [6.45, 7) is 5.39. The predicted octanol–water partition coefficient (Wildman–Crippen LogP) is 0.840. The van der Waals surface area contributed by atoms with Gasteiger partial charge in [0.1, 0.15) is 5.25 Å². The van der Waals surface area contributed by atoms with Crippen LogP contribution >= 0.6 is 11.3 Å². The lowest BCUT2D eigenvalue weighted by Gasteiger charge is -2.42. The Morgan fingerprint density at radius 2 is 2.29 bits per heavy atom. The molecule has 2 unspecified atom stereocenters. The lowest BCUT2D eigenvalue weighted by molar-refractivity contribution is -0.118. The molecule has 2 aliphatic heterocycles. The average Bonchev–Trinajstić information content (AvgIpc) is 2.90. The fourth-order valence-electron chi connectivity index (χ4n) is 3.37. The number of hydrogen-bond acceptors (Lipinski definition) is 7. The van der Waals surface area contributed by atoms with Gasteiger partial charge in [-0.3, -0.25) is 9.69 Å². The molecule has 2 fully saturated rings. The van der Waals surface area contributed by atoms with Crippen molar-refractivity contribution in [3.8, 4) is 0 Å². The average molecular weight is 374 g/mol. The Morgan fingerprint density at radius 1 is 1.50 bits per heavy atom. The number of carbonyl (C=O) groups excluding carboxylic acids is 1. The molecule has 9 heteroatoms. The van der Waals surface area contributed by atoms with Crippen molar-refractivity contribution in [3.63, 3.8) is 0 Å². The number of rotatable bonds is 4. The molecule has 134 valence electrons. The molecule has 2 saturated heterocycles. The molecule has 2 atom stereocenters. The van der Waals surface area contributed by atoms with Gasteiger partial charge >= 0.3 is 0 Å². The van der Waals surface area contributed by atoms with Crippen molar-refractivity contribution in [1.29, 1.82) is 0 Å². The molecule has 3 heterocycles. The number of sulfone groups is 1. The number of amides is 1. The molecule has 0 bridgehead atoms. The van der Waals surface area contributed by atoms with Crippen LogP contribution in [0.3, 0.4) is 0 Å². The van der Waals surface area contributed by atoms with E-state index >= 15 is 0 Å². The summed E-state index contributed by atoms with van der Waals surface area (Å²) in [6.07, 6.45) is 1.49. The molecule has 0 aliphatic carbocycles. The minimum Gasteiger partial charge on any atom is -0.380 e. The van der Waals surface area contributed by atoms with Crippen LogP contribution in [0.4, 0.5) is 5.13 Å². The van der Waals surface area contributed by atoms with Crippen LogP contribution in [0.15, 0.2) is 0 Å². The molecule has 1 N–H and O–H groups in total. The molecular formula is C15H23N3O4S2. The molecule has 0 saturated carbocycles. The fourth-order valence-corrected chi connectivity index (χ4v) is 6.17. The number of nitrogens with zero attached hydrogens (tertiary/aromatic N) is 2. The Kier molecular flexibility index (Phi) is 5.24. The van der Waals surface area contributed by atoms with Crippen LogP contribution < -0.4 is 5.32 Å². The van der Waals surface area contributed by atoms with E-state index in [1.165, 1.54) is 11.3 Å². The van der Waals surface area contributed by atoms with Gasteiger partial charge < -0.3 is 10.1 Å². The smallest absolute Gasteiger partial charge is 0.240 e. The number of thiazole rings is 1. The van der Waals surface area contributed by atoms with Gasteiger partial charge in [0, 0.05) is 24.1 Å². The molecule has 1 aromatic heterocycles. The summed E-state index contributed by atoms with van der Waals surface area (Å²) in [6, 6.07) is -0.132. The number of aromatic nitrogens is 1. The second kappa shape index (κ2) is 7.07. The Morgan fingerprint density at radius 3 is 3.00 bits per heavy atom. The third-order valence-electron chi connectivity index (χ3n) is 4.68. The lowest BCUT2D eigenvalue weighted by Crippen LogP contribution is -2.59. The first-order valence-corrected chi connectivity index (χ1v) is 10.7. The van der Waals surface area contributed by atoms with Crippen molar-refractivity contribution in [3.05, 3.63) is 10.6 Å². The minimum absolute atomic E-state index is 0.0845. The monoisotopic (exact) mass is 373 g/mol. The summed E-state index contributed by atoms with van der Waals surface area (Å²) in [5.74, 6) is -0.0582. The van der Waals surface area contributed by atoms with Gasteiger partial charge in [-0.25, -0.2) is 13.4 Å². The van der Waals surface area contributed by atoms with Crippen LogP contribution in [0.1, 0.15) is 23.9 Å². The van der Waals surface area contributed by atoms with E-state index in [4.69, 9.17) is 4.74 Å². The van der Waals surface area contributed by atoms with Crippen molar-refractivity contribution in [1.82, 2.24) is 9.88 Å². The number of hydrogen-bond donors (Lipinski definition) is 1. The zero-order chi connectivity index (χ0) is 17.3. The van der Waals surface area contributed by atoms with Gasteiger partial charge in [0.2, 0.25) is 5.91 Å². The number of fused-ring (bicyclic) bond motifs is 1. The van der Waals surface area contributed by atoms with E-state index in [1.807, 2.05) is 18.7 Å². The number of anilines is 1. The number of carbonyl (C=O) groups is 1. The summed E-state index contributed by atoms with van der Waals surface area (Å²) < 4.78 is 29.7. The van der Waals surface area contributed by atoms with E-state index in [1.54, 1.807) is 0 Å². The molecule has 2 aliphatic rings. The lowest BCUT2D eigenvalue weighted by atomic mass is 10.1. The zero-order valence-corrected chi connectivity index (χ0v) is 15.6. The number of nitrogens with one attached hydrogen (secondary N) is 1. The van der Waals surface area contributed by atoms with Crippen molar-refractivity contribution < 1.29 is 17.9 Å². The van der Waals surface area contributed by atoms with Crippen molar-refractivity contribution in [2.75, 3.05) is 37.4 Å². The third-order valence-corrected chi connectivity index (χ3v) is 7.74. The van der Waals surface area contributed by atoms with E-state index in [-0.39, 0.29) is 30.9 Å². The van der Waals surface area contributed by atoms with E-state index in [0.29, 0.717) is 24.7 Å². The van der Waals surface area contributed by atoms with Crippen LogP contribution in [-0.4, -0.2) is 67.6 Å². The van der Waals surface area contributed by atoms with Gasteiger partial charge in [0.05, 0.1) is 24.6 Å². The van der Waals surface area contributed by atoms with Crippen molar-refractivity contribution in [2.45, 2.75) is 38.0 Å². The largest absolute Gasteiger partial charge is 0.380 e. The molecule has 1 aromatic rings. The molecule has 3 rings (SSSR count). The molecule has 0 aromatic carbocycles. The highest BCUT2D eigenvalue weighted by Crippen LogP contribution is 2.26. The Labute approximate surface area is 146 Å². The molecule has 24 heavy (non-hydrogen) atoms. The van der Waals surface area contributed by atoms with Crippen LogP contribution in [0, 0.1) is 6.92 Å².